The molecule has 0 aromatic heterocycles. The minimum atomic E-state index is -0.603. The predicted octanol–water partition coefficient (Wildman–Crippen LogP) is 2.83. The fourth-order valence-electron chi connectivity index (χ4n) is 1.86. The summed E-state index contributed by atoms with van der Waals surface area (Å²) in [7, 11) is 0. The molecule has 0 bridgehead atoms. The first kappa shape index (κ1) is 17.6. The van der Waals surface area contributed by atoms with Gasteiger partial charge in [0.2, 0.25) is 0 Å². The molecule has 0 unspecified atom stereocenters. The van der Waals surface area contributed by atoms with Crippen molar-refractivity contribution in [2.24, 2.45) is 0 Å². The van der Waals surface area contributed by atoms with Gasteiger partial charge in [0.05, 0.1) is 4.92 Å². The number of amides is 1. The number of esters is 1. The van der Waals surface area contributed by atoms with Gasteiger partial charge in [-0.2, -0.15) is 0 Å². The van der Waals surface area contributed by atoms with E-state index in [1.165, 1.54) is 18.2 Å². The number of carbonyl (C=O) groups is 2. The van der Waals surface area contributed by atoms with Crippen LogP contribution in [0.15, 0.2) is 53.0 Å². The molecule has 24 heavy (non-hydrogen) atoms. The first-order chi connectivity index (χ1) is 11.5. The normalized spacial score (nSPS) is 10.0. The molecule has 2 aromatic rings. The van der Waals surface area contributed by atoms with Gasteiger partial charge in [-0.1, -0.05) is 34.1 Å². The highest BCUT2D eigenvalue weighted by Crippen LogP contribution is 2.13. The van der Waals surface area contributed by atoms with Crippen molar-refractivity contribution in [2.75, 3.05) is 6.54 Å². The first-order valence-electron chi connectivity index (χ1n) is 6.88. The Hall–Kier alpha value is -2.74. The maximum absolute atomic E-state index is 11.9. The number of nitro benzene ring substituents is 1. The molecule has 0 fully saturated rings. The average molecular weight is 393 g/mol. The zero-order valence-electron chi connectivity index (χ0n) is 12.4. The Bertz CT molecular complexity index is 779. The van der Waals surface area contributed by atoms with E-state index in [1.807, 2.05) is 18.2 Å². The van der Waals surface area contributed by atoms with Crippen molar-refractivity contribution in [2.45, 2.75) is 6.61 Å². The highest BCUT2D eigenvalue weighted by atomic mass is 79.9. The van der Waals surface area contributed by atoms with Crippen molar-refractivity contribution in [1.29, 1.82) is 0 Å². The fourth-order valence-corrected chi connectivity index (χ4v) is 2.30. The summed E-state index contributed by atoms with van der Waals surface area (Å²) in [6.07, 6.45) is 0. The lowest BCUT2D eigenvalue weighted by Crippen LogP contribution is -2.30. The molecule has 2 rings (SSSR count). The number of nitrogens with one attached hydrogen (secondary N) is 1. The number of ether oxygens (including phenoxy) is 1. The molecular formula is C16H13BrN2O5. The highest BCUT2D eigenvalue weighted by molar-refractivity contribution is 9.10. The van der Waals surface area contributed by atoms with Crippen LogP contribution in [-0.4, -0.2) is 23.3 Å². The van der Waals surface area contributed by atoms with Crippen molar-refractivity contribution >= 4 is 33.5 Å². The van der Waals surface area contributed by atoms with Crippen LogP contribution in [0, 0.1) is 10.1 Å². The summed E-state index contributed by atoms with van der Waals surface area (Å²) in [6, 6.07) is 12.5. The van der Waals surface area contributed by atoms with Gasteiger partial charge < -0.3 is 10.1 Å². The van der Waals surface area contributed by atoms with E-state index in [0.717, 1.165) is 16.1 Å². The summed E-state index contributed by atoms with van der Waals surface area (Å²) in [5, 5.41) is 13.0. The number of nitrogens with zero attached hydrogens (tertiary/aromatic N) is 1. The first-order valence-corrected chi connectivity index (χ1v) is 7.68. The number of non-ortho nitro benzene ring substituents is 1. The van der Waals surface area contributed by atoms with E-state index >= 15 is 0 Å². The summed E-state index contributed by atoms with van der Waals surface area (Å²) < 4.78 is 5.92. The van der Waals surface area contributed by atoms with Crippen molar-refractivity contribution in [3.8, 4) is 0 Å². The molecule has 0 spiro atoms. The molecule has 0 saturated heterocycles. The maximum Gasteiger partial charge on any atom is 0.325 e. The Labute approximate surface area is 145 Å². The number of carbonyl (C=O) groups excluding carboxylic acids is 2. The van der Waals surface area contributed by atoms with E-state index in [4.69, 9.17) is 4.74 Å². The Morgan fingerprint density at radius 3 is 2.62 bits per heavy atom. The van der Waals surface area contributed by atoms with E-state index in [2.05, 4.69) is 21.2 Å². The van der Waals surface area contributed by atoms with Gasteiger partial charge >= 0.3 is 5.97 Å². The molecule has 0 aliphatic rings. The number of benzene rings is 2. The van der Waals surface area contributed by atoms with E-state index in [-0.39, 0.29) is 24.4 Å². The summed E-state index contributed by atoms with van der Waals surface area (Å²) in [5.41, 5.74) is 0.714. The smallest absolute Gasteiger partial charge is 0.325 e. The van der Waals surface area contributed by atoms with Crippen molar-refractivity contribution < 1.29 is 19.2 Å². The standard InChI is InChI=1S/C16H13BrN2O5/c17-13-5-1-3-11(7-13)10-24-15(20)9-18-16(21)12-4-2-6-14(8-12)19(22)23/h1-8H,9-10H2,(H,18,21). The minimum absolute atomic E-state index is 0.0882. The van der Waals surface area contributed by atoms with Crippen LogP contribution in [0.25, 0.3) is 0 Å². The fraction of sp³-hybridized carbons (Fsp3) is 0.125. The Morgan fingerprint density at radius 2 is 1.92 bits per heavy atom. The molecule has 0 aliphatic heterocycles. The summed E-state index contributed by atoms with van der Waals surface area (Å²) in [5.74, 6) is -1.19. The molecule has 2 aromatic carbocycles. The molecule has 0 radical (unpaired) electrons. The molecule has 8 heteroatoms. The van der Waals surface area contributed by atoms with Crippen LogP contribution in [-0.2, 0) is 16.1 Å². The second-order valence-electron chi connectivity index (χ2n) is 4.78. The van der Waals surface area contributed by atoms with Crippen LogP contribution in [0.1, 0.15) is 15.9 Å². The van der Waals surface area contributed by atoms with E-state index in [0.29, 0.717) is 0 Å². The van der Waals surface area contributed by atoms with E-state index < -0.39 is 16.8 Å². The molecule has 124 valence electrons. The predicted molar refractivity (Wildman–Crippen MR) is 89.4 cm³/mol. The second kappa shape index (κ2) is 8.21. The van der Waals surface area contributed by atoms with Crippen LogP contribution in [0.3, 0.4) is 0 Å². The lowest BCUT2D eigenvalue weighted by Gasteiger charge is -2.07. The number of nitro groups is 1. The quantitative estimate of drug-likeness (QED) is 0.462. The minimum Gasteiger partial charge on any atom is -0.460 e. The topological polar surface area (TPSA) is 98.5 Å². The average Bonchev–Trinajstić information content (AvgIpc) is 2.58. The number of hydrogen-bond donors (Lipinski definition) is 1. The molecule has 0 aliphatic carbocycles. The van der Waals surface area contributed by atoms with Crippen LogP contribution in [0.4, 0.5) is 5.69 Å². The Kier molecular flexibility index (Phi) is 6.02. The second-order valence-corrected chi connectivity index (χ2v) is 5.70. The molecule has 0 heterocycles. The SMILES string of the molecule is O=C(CNC(=O)c1cccc([N+](=O)[O-])c1)OCc1cccc(Br)c1. The molecular weight excluding hydrogens is 380 g/mol. The van der Waals surface area contributed by atoms with Crippen molar-refractivity contribution in [3.63, 3.8) is 0 Å². The third-order valence-electron chi connectivity index (χ3n) is 3.00. The van der Waals surface area contributed by atoms with Gasteiger partial charge in [0.15, 0.2) is 0 Å². The number of halogens is 1. The van der Waals surface area contributed by atoms with Gasteiger partial charge in [0.1, 0.15) is 13.2 Å². The molecule has 0 saturated carbocycles. The lowest BCUT2D eigenvalue weighted by molar-refractivity contribution is -0.384. The zero-order chi connectivity index (χ0) is 17.5. The lowest BCUT2D eigenvalue weighted by atomic mass is 10.2. The van der Waals surface area contributed by atoms with Crippen LogP contribution < -0.4 is 5.32 Å². The van der Waals surface area contributed by atoms with Crippen LogP contribution in [0.5, 0.6) is 0 Å². The number of rotatable bonds is 6. The third kappa shape index (κ3) is 5.17. The van der Waals surface area contributed by atoms with Gasteiger partial charge in [-0.25, -0.2) is 0 Å². The Morgan fingerprint density at radius 1 is 1.17 bits per heavy atom. The van der Waals surface area contributed by atoms with E-state index in [9.17, 15) is 19.7 Å². The van der Waals surface area contributed by atoms with Gasteiger partial charge in [-0.15, -0.1) is 0 Å². The Balaban J connectivity index is 1.84. The van der Waals surface area contributed by atoms with Gasteiger partial charge in [0, 0.05) is 22.2 Å². The summed E-state index contributed by atoms with van der Waals surface area (Å²) in [6.45, 7) is -0.236. The number of hydrogen-bond acceptors (Lipinski definition) is 5. The molecule has 1 amide bonds. The van der Waals surface area contributed by atoms with E-state index in [1.54, 1.807) is 6.07 Å². The highest BCUT2D eigenvalue weighted by Gasteiger charge is 2.13. The van der Waals surface area contributed by atoms with Crippen molar-refractivity contribution in [3.05, 3.63) is 74.2 Å². The monoisotopic (exact) mass is 392 g/mol. The van der Waals surface area contributed by atoms with Crippen molar-refractivity contribution in [1.82, 2.24) is 5.32 Å². The molecule has 7 nitrogen and oxygen atoms in total. The summed E-state index contributed by atoms with van der Waals surface area (Å²) in [4.78, 5) is 33.6. The van der Waals surface area contributed by atoms with Crippen LogP contribution in [0.2, 0.25) is 0 Å². The largest absolute Gasteiger partial charge is 0.460 e. The zero-order valence-corrected chi connectivity index (χ0v) is 14.0. The maximum atomic E-state index is 11.9. The van der Waals surface area contributed by atoms with Gasteiger partial charge in [-0.3, -0.25) is 19.7 Å². The molecule has 1 N–H and O–H groups in total. The third-order valence-corrected chi connectivity index (χ3v) is 3.49. The van der Waals surface area contributed by atoms with Gasteiger partial charge in [-0.05, 0) is 23.8 Å². The van der Waals surface area contributed by atoms with Crippen LogP contribution >= 0.6 is 15.9 Å². The van der Waals surface area contributed by atoms with Gasteiger partial charge in [0.25, 0.3) is 11.6 Å². The molecule has 0 atom stereocenters. The summed E-state index contributed by atoms with van der Waals surface area (Å²) >= 11 is 3.32.